The number of imide groups is 1. The van der Waals surface area contributed by atoms with Crippen molar-refractivity contribution in [2.75, 3.05) is 26.1 Å². The van der Waals surface area contributed by atoms with Crippen molar-refractivity contribution < 1.29 is 23.9 Å². The number of methoxy groups -OCH3 is 2. The highest BCUT2D eigenvalue weighted by Gasteiger charge is 2.44. The summed E-state index contributed by atoms with van der Waals surface area (Å²) in [6.45, 7) is 4.32. The Balaban J connectivity index is 1.76. The second kappa shape index (κ2) is 9.78. The van der Waals surface area contributed by atoms with Crippen molar-refractivity contribution in [3.05, 3.63) is 40.9 Å². The first kappa shape index (κ1) is 22.5. The average Bonchev–Trinajstić information content (AvgIpc) is 3.38. The minimum atomic E-state index is -0.740. The molecule has 3 atom stereocenters. The molecule has 0 aliphatic carbocycles. The zero-order chi connectivity index (χ0) is 22.5. The van der Waals surface area contributed by atoms with Crippen LogP contribution in [0.1, 0.15) is 42.4 Å². The van der Waals surface area contributed by atoms with Crippen molar-refractivity contribution in [1.82, 2.24) is 15.2 Å². The van der Waals surface area contributed by atoms with Gasteiger partial charge in [-0.1, -0.05) is 32.4 Å². The lowest BCUT2D eigenvalue weighted by atomic mass is 9.97. The lowest BCUT2D eigenvalue weighted by Gasteiger charge is -2.30. The first-order valence-corrected chi connectivity index (χ1v) is 10.8. The second-order valence-electron chi connectivity index (χ2n) is 7.23. The van der Waals surface area contributed by atoms with E-state index in [-0.39, 0.29) is 23.6 Å². The van der Waals surface area contributed by atoms with Crippen LogP contribution in [0.3, 0.4) is 0 Å². The number of benzene rings is 1. The molecule has 31 heavy (non-hydrogen) atoms. The highest BCUT2D eigenvalue weighted by Crippen LogP contribution is 2.28. The maximum Gasteiger partial charge on any atom is 0.357 e. The number of aromatic nitrogens is 1. The van der Waals surface area contributed by atoms with Gasteiger partial charge >= 0.3 is 12.0 Å². The molecule has 2 heterocycles. The minimum absolute atomic E-state index is 0.0526. The molecule has 2 aromatic rings. The summed E-state index contributed by atoms with van der Waals surface area (Å²) in [5.74, 6) is -0.0819. The summed E-state index contributed by atoms with van der Waals surface area (Å²) in [6, 6.07) is 5.50. The fourth-order valence-corrected chi connectivity index (χ4v) is 4.08. The van der Waals surface area contributed by atoms with Gasteiger partial charge in [-0.15, -0.1) is 11.3 Å². The van der Waals surface area contributed by atoms with Crippen LogP contribution in [-0.4, -0.2) is 54.6 Å². The molecule has 1 aliphatic rings. The van der Waals surface area contributed by atoms with Crippen molar-refractivity contribution in [3.63, 3.8) is 0 Å². The van der Waals surface area contributed by atoms with E-state index in [0.717, 1.165) is 6.42 Å². The number of anilines is 1. The molecule has 1 aromatic carbocycles. The van der Waals surface area contributed by atoms with E-state index in [1.54, 1.807) is 36.8 Å². The molecular weight excluding hydrogens is 420 g/mol. The van der Waals surface area contributed by atoms with Crippen LogP contribution in [0.25, 0.3) is 0 Å². The van der Waals surface area contributed by atoms with Crippen LogP contribution >= 0.6 is 11.3 Å². The van der Waals surface area contributed by atoms with E-state index < -0.39 is 18.0 Å². The Bertz CT molecular complexity index is 946. The molecule has 0 saturated carbocycles. The molecule has 166 valence electrons. The Labute approximate surface area is 184 Å². The Morgan fingerprint density at radius 3 is 2.61 bits per heavy atom. The summed E-state index contributed by atoms with van der Waals surface area (Å²) >= 11 is 1.26. The largest absolute Gasteiger partial charge is 0.497 e. The van der Waals surface area contributed by atoms with Gasteiger partial charge in [0.1, 0.15) is 11.8 Å². The summed E-state index contributed by atoms with van der Waals surface area (Å²) in [7, 11) is 2.87. The van der Waals surface area contributed by atoms with Crippen LogP contribution in [0.5, 0.6) is 5.75 Å². The fourth-order valence-electron chi connectivity index (χ4n) is 3.39. The van der Waals surface area contributed by atoms with Crippen molar-refractivity contribution in [2.24, 2.45) is 5.92 Å². The standard InChI is InChI=1S/C21H26N4O5S/c1-5-12(2)16(10-22-20-23-15(11-31-20)19(27)30-4)25-18(26)17(24-21(25)28)13-6-8-14(29-3)9-7-13/h6-9,11-12,16-17H,5,10H2,1-4H3,(H,22,23)(H,24,28)/t12-,16-,17-/m1/s1. The van der Waals surface area contributed by atoms with E-state index in [4.69, 9.17) is 4.74 Å². The van der Waals surface area contributed by atoms with Gasteiger partial charge in [-0.05, 0) is 23.6 Å². The lowest BCUT2D eigenvalue weighted by Crippen LogP contribution is -2.48. The molecule has 1 aromatic heterocycles. The van der Waals surface area contributed by atoms with Gasteiger partial charge in [-0.2, -0.15) is 0 Å². The van der Waals surface area contributed by atoms with E-state index in [1.165, 1.54) is 23.3 Å². The maximum atomic E-state index is 13.2. The third-order valence-electron chi connectivity index (χ3n) is 5.41. The second-order valence-corrected chi connectivity index (χ2v) is 8.09. The van der Waals surface area contributed by atoms with Crippen molar-refractivity contribution in [1.29, 1.82) is 0 Å². The number of esters is 1. The van der Waals surface area contributed by atoms with Crippen LogP contribution in [0.2, 0.25) is 0 Å². The lowest BCUT2D eigenvalue weighted by molar-refractivity contribution is -0.129. The third kappa shape index (κ3) is 4.79. The summed E-state index contributed by atoms with van der Waals surface area (Å²) in [5.41, 5.74) is 0.907. The van der Waals surface area contributed by atoms with E-state index >= 15 is 0 Å². The number of rotatable bonds is 9. The Morgan fingerprint density at radius 2 is 2.00 bits per heavy atom. The van der Waals surface area contributed by atoms with E-state index in [9.17, 15) is 14.4 Å². The van der Waals surface area contributed by atoms with Crippen LogP contribution in [0.15, 0.2) is 29.6 Å². The smallest absolute Gasteiger partial charge is 0.357 e. The van der Waals surface area contributed by atoms with Crippen molar-refractivity contribution >= 4 is 34.4 Å². The highest BCUT2D eigenvalue weighted by molar-refractivity contribution is 7.13. The summed E-state index contributed by atoms with van der Waals surface area (Å²) in [6.07, 6.45) is 0.780. The number of nitrogens with zero attached hydrogens (tertiary/aromatic N) is 2. The molecule has 10 heteroatoms. The first-order chi connectivity index (χ1) is 14.9. The van der Waals surface area contributed by atoms with Crippen LogP contribution in [0.4, 0.5) is 9.93 Å². The number of hydrogen-bond acceptors (Lipinski definition) is 8. The van der Waals surface area contributed by atoms with Gasteiger partial charge in [-0.25, -0.2) is 14.6 Å². The van der Waals surface area contributed by atoms with Crippen LogP contribution < -0.4 is 15.4 Å². The number of nitrogens with one attached hydrogen (secondary N) is 2. The number of carbonyl (C=O) groups is 3. The minimum Gasteiger partial charge on any atom is -0.497 e. The Morgan fingerprint density at radius 1 is 1.29 bits per heavy atom. The third-order valence-corrected chi connectivity index (χ3v) is 6.21. The monoisotopic (exact) mass is 446 g/mol. The van der Waals surface area contributed by atoms with Crippen LogP contribution in [-0.2, 0) is 9.53 Å². The van der Waals surface area contributed by atoms with Crippen molar-refractivity contribution in [2.45, 2.75) is 32.4 Å². The molecule has 2 N–H and O–H groups in total. The molecule has 1 aliphatic heterocycles. The van der Waals surface area contributed by atoms with E-state index in [1.807, 2.05) is 13.8 Å². The summed E-state index contributed by atoms with van der Waals surface area (Å²) in [5, 5.41) is 8.06. The van der Waals surface area contributed by atoms with Gasteiger partial charge in [0, 0.05) is 11.9 Å². The number of carbonyl (C=O) groups excluding carboxylic acids is 3. The Hall–Kier alpha value is -3.14. The van der Waals surface area contributed by atoms with E-state index in [2.05, 4.69) is 20.4 Å². The SMILES string of the molecule is CC[C@@H](C)[C@@H](CNc1nc(C(=O)OC)cs1)N1C(=O)N[C@H](c2ccc(OC)cc2)C1=O. The zero-order valence-corrected chi connectivity index (χ0v) is 18.7. The Kier molecular flexibility index (Phi) is 7.11. The van der Waals surface area contributed by atoms with Gasteiger partial charge in [0.25, 0.3) is 5.91 Å². The average molecular weight is 447 g/mol. The maximum absolute atomic E-state index is 13.2. The molecule has 3 amide bonds. The van der Waals surface area contributed by atoms with Gasteiger partial charge in [0.2, 0.25) is 0 Å². The number of thiazole rings is 1. The molecule has 1 fully saturated rings. The molecule has 0 spiro atoms. The quantitative estimate of drug-likeness (QED) is 0.450. The fraction of sp³-hybridized carbons (Fsp3) is 0.429. The number of ether oxygens (including phenoxy) is 2. The summed E-state index contributed by atoms with van der Waals surface area (Å²) in [4.78, 5) is 43.1. The zero-order valence-electron chi connectivity index (χ0n) is 17.9. The normalized spacial score (nSPS) is 17.8. The summed E-state index contributed by atoms with van der Waals surface area (Å²) < 4.78 is 9.83. The molecular formula is C21H26N4O5S. The van der Waals surface area contributed by atoms with Crippen LogP contribution in [0, 0.1) is 5.92 Å². The topological polar surface area (TPSA) is 110 Å². The molecule has 1 saturated heterocycles. The number of amides is 3. The molecule has 0 bridgehead atoms. The molecule has 0 unspecified atom stereocenters. The van der Waals surface area contributed by atoms with Gasteiger partial charge in [0.05, 0.1) is 20.3 Å². The van der Waals surface area contributed by atoms with E-state index in [0.29, 0.717) is 23.0 Å². The predicted molar refractivity (Wildman–Crippen MR) is 116 cm³/mol. The highest BCUT2D eigenvalue weighted by atomic mass is 32.1. The van der Waals surface area contributed by atoms with Crippen molar-refractivity contribution in [3.8, 4) is 5.75 Å². The number of urea groups is 1. The predicted octanol–water partition coefficient (Wildman–Crippen LogP) is 3.06. The first-order valence-electron chi connectivity index (χ1n) is 9.94. The van der Waals surface area contributed by atoms with Gasteiger partial charge in [0.15, 0.2) is 10.8 Å². The number of hydrogen-bond donors (Lipinski definition) is 2. The molecule has 9 nitrogen and oxygen atoms in total. The van der Waals surface area contributed by atoms with Gasteiger partial charge in [-0.3, -0.25) is 9.69 Å². The molecule has 0 radical (unpaired) electrons. The molecule has 3 rings (SSSR count). The van der Waals surface area contributed by atoms with Gasteiger partial charge < -0.3 is 20.1 Å².